The van der Waals surface area contributed by atoms with E-state index in [2.05, 4.69) is 37.3 Å². The van der Waals surface area contributed by atoms with E-state index in [1.54, 1.807) is 19.2 Å². The second-order valence-electron chi connectivity index (χ2n) is 8.18. The Labute approximate surface area is 163 Å². The highest BCUT2D eigenvalue weighted by Gasteiger charge is 2.20. The fourth-order valence-corrected chi connectivity index (χ4v) is 6.88. The van der Waals surface area contributed by atoms with Crippen molar-refractivity contribution in [3.05, 3.63) is 21.9 Å². The minimum absolute atomic E-state index is 1.00. The lowest BCUT2D eigenvalue weighted by atomic mass is 9.78. The molecular weight excluding hydrogens is 340 g/mol. The molecule has 2 heterocycles. The predicted octanol–water partition coefficient (Wildman–Crippen LogP) is 8.62. The number of fused-ring (bicyclic) bond motifs is 1. The molecule has 0 spiro atoms. The first-order valence-corrected chi connectivity index (χ1v) is 12.4. The highest BCUT2D eigenvalue weighted by Crippen LogP contribution is 2.37. The van der Waals surface area contributed by atoms with Gasteiger partial charge in [0.1, 0.15) is 0 Å². The molecule has 3 rings (SSSR count). The summed E-state index contributed by atoms with van der Waals surface area (Å²) >= 11 is 4.12. The van der Waals surface area contributed by atoms with Crippen LogP contribution in [0, 0.1) is 11.8 Å². The quantitative estimate of drug-likeness (QED) is 0.364. The van der Waals surface area contributed by atoms with Crippen molar-refractivity contribution in [3.8, 4) is 0 Å². The van der Waals surface area contributed by atoms with Crippen LogP contribution in [0.5, 0.6) is 0 Å². The van der Waals surface area contributed by atoms with Crippen molar-refractivity contribution in [3.63, 3.8) is 0 Å². The predicted molar refractivity (Wildman–Crippen MR) is 116 cm³/mol. The molecule has 2 aromatic rings. The summed E-state index contributed by atoms with van der Waals surface area (Å²) in [4.78, 5) is 3.24. The smallest absolute Gasteiger partial charge is 0.0456 e. The van der Waals surface area contributed by atoms with Gasteiger partial charge in [0.05, 0.1) is 0 Å². The van der Waals surface area contributed by atoms with Crippen molar-refractivity contribution in [1.29, 1.82) is 0 Å². The first-order valence-electron chi connectivity index (χ1n) is 10.8. The Balaban J connectivity index is 1.42. The molecule has 1 fully saturated rings. The molecule has 0 unspecified atom stereocenters. The van der Waals surface area contributed by atoms with Crippen LogP contribution in [0.25, 0.3) is 9.40 Å². The van der Waals surface area contributed by atoms with E-state index in [-0.39, 0.29) is 0 Å². The van der Waals surface area contributed by atoms with Crippen LogP contribution < -0.4 is 0 Å². The third-order valence-electron chi connectivity index (χ3n) is 6.07. The maximum atomic E-state index is 2.50. The van der Waals surface area contributed by atoms with Gasteiger partial charge >= 0.3 is 0 Å². The van der Waals surface area contributed by atoms with Crippen LogP contribution in [0.15, 0.2) is 12.1 Å². The third-order valence-corrected chi connectivity index (χ3v) is 8.48. The molecule has 25 heavy (non-hydrogen) atoms. The van der Waals surface area contributed by atoms with Gasteiger partial charge in [-0.25, -0.2) is 0 Å². The van der Waals surface area contributed by atoms with Gasteiger partial charge in [0, 0.05) is 19.2 Å². The summed E-state index contributed by atoms with van der Waals surface area (Å²) in [6, 6.07) is 4.98. The normalized spacial score (nSPS) is 21.2. The largest absolute Gasteiger partial charge is 0.139 e. The van der Waals surface area contributed by atoms with Gasteiger partial charge in [-0.15, -0.1) is 22.7 Å². The number of thiophene rings is 2. The van der Waals surface area contributed by atoms with Crippen LogP contribution in [0.4, 0.5) is 0 Å². The molecule has 0 saturated heterocycles. The van der Waals surface area contributed by atoms with Gasteiger partial charge in [0.2, 0.25) is 0 Å². The van der Waals surface area contributed by atoms with Crippen LogP contribution in [-0.2, 0) is 12.8 Å². The van der Waals surface area contributed by atoms with E-state index in [1.807, 2.05) is 11.3 Å². The molecule has 0 nitrogen and oxygen atoms in total. The Bertz CT molecular complexity index is 582. The van der Waals surface area contributed by atoms with E-state index in [0.29, 0.717) is 0 Å². The topological polar surface area (TPSA) is 0 Å². The van der Waals surface area contributed by atoms with Crippen LogP contribution in [-0.4, -0.2) is 0 Å². The zero-order chi connectivity index (χ0) is 17.5. The van der Waals surface area contributed by atoms with Crippen molar-refractivity contribution in [1.82, 2.24) is 0 Å². The number of rotatable bonds is 10. The molecule has 1 saturated carbocycles. The molecule has 1 aliphatic carbocycles. The Morgan fingerprint density at radius 1 is 0.720 bits per heavy atom. The first kappa shape index (κ1) is 19.4. The van der Waals surface area contributed by atoms with Crippen molar-refractivity contribution in [2.24, 2.45) is 11.8 Å². The Morgan fingerprint density at radius 2 is 1.28 bits per heavy atom. The van der Waals surface area contributed by atoms with Crippen molar-refractivity contribution >= 4 is 32.1 Å². The van der Waals surface area contributed by atoms with Gasteiger partial charge in [-0.3, -0.25) is 0 Å². The van der Waals surface area contributed by atoms with Crippen molar-refractivity contribution < 1.29 is 0 Å². The summed E-state index contributed by atoms with van der Waals surface area (Å²) in [5.41, 5.74) is 0. The van der Waals surface area contributed by atoms with E-state index in [9.17, 15) is 0 Å². The van der Waals surface area contributed by atoms with E-state index >= 15 is 0 Å². The fourth-order valence-electron chi connectivity index (χ4n) is 4.38. The summed E-state index contributed by atoms with van der Waals surface area (Å²) < 4.78 is 3.10. The zero-order valence-electron chi connectivity index (χ0n) is 16.3. The van der Waals surface area contributed by atoms with E-state index < -0.39 is 0 Å². The summed E-state index contributed by atoms with van der Waals surface area (Å²) in [7, 11) is 0. The lowest BCUT2D eigenvalue weighted by molar-refractivity contribution is 0.250. The van der Waals surface area contributed by atoms with Gasteiger partial charge in [0.25, 0.3) is 0 Å². The Hall–Kier alpha value is -0.340. The molecule has 0 atom stereocenters. The van der Waals surface area contributed by atoms with Crippen LogP contribution in [0.1, 0.15) is 94.2 Å². The molecule has 2 aromatic heterocycles. The molecule has 1 aliphatic rings. The summed E-state index contributed by atoms with van der Waals surface area (Å²) in [5.74, 6) is 2.05. The van der Waals surface area contributed by atoms with E-state index in [1.165, 1.54) is 83.5 Å². The Kier molecular flexibility index (Phi) is 7.86. The maximum Gasteiger partial charge on any atom is 0.0456 e. The second-order valence-corrected chi connectivity index (χ2v) is 10.5. The summed E-state index contributed by atoms with van der Waals surface area (Å²) in [6.07, 6.45) is 18.4. The van der Waals surface area contributed by atoms with Crippen molar-refractivity contribution in [2.45, 2.75) is 97.3 Å². The highest BCUT2D eigenvalue weighted by molar-refractivity contribution is 7.27. The van der Waals surface area contributed by atoms with Gasteiger partial charge in [-0.2, -0.15) is 0 Å². The molecule has 0 aromatic carbocycles. The number of hydrogen-bond acceptors (Lipinski definition) is 2. The molecule has 140 valence electrons. The number of aryl methyl sites for hydroxylation is 2. The van der Waals surface area contributed by atoms with Gasteiger partial charge in [0.15, 0.2) is 0 Å². The molecule has 0 amide bonds. The lowest BCUT2D eigenvalue weighted by Gasteiger charge is -2.28. The monoisotopic (exact) mass is 376 g/mol. The van der Waals surface area contributed by atoms with E-state index in [4.69, 9.17) is 0 Å². The van der Waals surface area contributed by atoms with Gasteiger partial charge in [-0.05, 0) is 49.7 Å². The zero-order valence-corrected chi connectivity index (χ0v) is 18.0. The summed E-state index contributed by atoms with van der Waals surface area (Å²) in [5, 5.41) is 0. The minimum Gasteiger partial charge on any atom is -0.139 e. The molecule has 0 N–H and O–H groups in total. The maximum absolute atomic E-state index is 2.50. The molecular formula is C23H36S2. The molecule has 0 bridgehead atoms. The second kappa shape index (κ2) is 10.1. The lowest BCUT2D eigenvalue weighted by Crippen LogP contribution is -2.15. The SMILES string of the molecule is CCCCCc1cc2sc(CC[C@H]3CC[C@H](CCCC)CC3)cc2s1. The van der Waals surface area contributed by atoms with E-state index in [0.717, 1.165) is 11.8 Å². The van der Waals surface area contributed by atoms with Crippen LogP contribution in [0.3, 0.4) is 0 Å². The minimum atomic E-state index is 1.00. The van der Waals surface area contributed by atoms with Crippen molar-refractivity contribution in [2.75, 3.05) is 0 Å². The third kappa shape index (κ3) is 5.82. The molecule has 2 heteroatoms. The number of unbranched alkanes of at least 4 members (excludes halogenated alkanes) is 3. The standard InChI is InChI=1S/C23H36S2/c1-3-5-7-9-20-16-22-23(24-20)17-21(25-22)15-14-19-12-10-18(11-13-19)8-6-4-2/h16-19H,3-15H2,1-2H3/t18-,19-. The number of hydrogen-bond donors (Lipinski definition) is 0. The van der Waals surface area contributed by atoms with Crippen LogP contribution in [0.2, 0.25) is 0 Å². The first-order chi connectivity index (χ1) is 12.3. The Morgan fingerprint density at radius 3 is 1.88 bits per heavy atom. The van der Waals surface area contributed by atoms with Gasteiger partial charge < -0.3 is 0 Å². The summed E-state index contributed by atoms with van der Waals surface area (Å²) in [6.45, 7) is 4.61. The average molecular weight is 377 g/mol. The average Bonchev–Trinajstić information content (AvgIpc) is 3.17. The van der Waals surface area contributed by atoms with Gasteiger partial charge in [-0.1, -0.05) is 71.6 Å². The molecule has 0 radical (unpaired) electrons. The molecule has 0 aliphatic heterocycles. The highest BCUT2D eigenvalue weighted by atomic mass is 32.1. The van der Waals surface area contributed by atoms with Crippen LogP contribution >= 0.6 is 22.7 Å². The fraction of sp³-hybridized carbons (Fsp3) is 0.739.